The van der Waals surface area contributed by atoms with Gasteiger partial charge in [0.2, 0.25) is 5.88 Å². The van der Waals surface area contributed by atoms with Gasteiger partial charge < -0.3 is 4.74 Å². The van der Waals surface area contributed by atoms with Gasteiger partial charge in [0.15, 0.2) is 5.65 Å². The van der Waals surface area contributed by atoms with Gasteiger partial charge in [-0.3, -0.25) is 0 Å². The van der Waals surface area contributed by atoms with Crippen molar-refractivity contribution in [3.63, 3.8) is 0 Å². The Labute approximate surface area is 178 Å². The number of rotatable bonds is 4. The summed E-state index contributed by atoms with van der Waals surface area (Å²) < 4.78 is 46.1. The normalized spacial score (nSPS) is 11.6. The summed E-state index contributed by atoms with van der Waals surface area (Å²) in [6.45, 7) is 0. The molecule has 158 valence electrons. The third-order valence-electron chi connectivity index (χ3n) is 4.58. The lowest BCUT2D eigenvalue weighted by atomic mass is 10.1. The fourth-order valence-electron chi connectivity index (χ4n) is 3.17. The van der Waals surface area contributed by atoms with Crippen LogP contribution in [0.25, 0.3) is 16.7 Å². The molecule has 0 atom stereocenters. The summed E-state index contributed by atoms with van der Waals surface area (Å²) in [5.74, 6) is 0.365. The van der Waals surface area contributed by atoms with Crippen molar-refractivity contribution in [3.05, 3.63) is 87.2 Å². The molecule has 3 heterocycles. The highest BCUT2D eigenvalue weighted by Crippen LogP contribution is 2.31. The average molecular weight is 447 g/mol. The summed E-state index contributed by atoms with van der Waals surface area (Å²) >= 11 is 6.21. The molecular formula is C21H14ClF3N4O2. The van der Waals surface area contributed by atoms with E-state index < -0.39 is 17.6 Å². The molecule has 6 nitrogen and oxygen atoms in total. The molecule has 1 aromatic carbocycles. The predicted octanol–water partition coefficient (Wildman–Crippen LogP) is 4.45. The van der Waals surface area contributed by atoms with Crippen molar-refractivity contribution in [1.82, 2.24) is 19.5 Å². The Morgan fingerprint density at radius 3 is 2.58 bits per heavy atom. The lowest BCUT2D eigenvalue weighted by molar-refractivity contribution is -0.141. The predicted molar refractivity (Wildman–Crippen MR) is 109 cm³/mol. The summed E-state index contributed by atoms with van der Waals surface area (Å²) in [7, 11) is 1.47. The van der Waals surface area contributed by atoms with E-state index in [1.54, 1.807) is 24.3 Å². The molecule has 31 heavy (non-hydrogen) atoms. The second kappa shape index (κ2) is 7.99. The first-order chi connectivity index (χ1) is 14.8. The smallest absolute Gasteiger partial charge is 0.433 e. The van der Waals surface area contributed by atoms with Gasteiger partial charge >= 0.3 is 11.9 Å². The number of aromatic nitrogens is 4. The van der Waals surface area contributed by atoms with E-state index in [0.717, 1.165) is 16.2 Å². The quantitative estimate of drug-likeness (QED) is 0.463. The van der Waals surface area contributed by atoms with E-state index >= 15 is 0 Å². The minimum absolute atomic E-state index is 0.168. The number of benzene rings is 1. The van der Waals surface area contributed by atoms with Crippen LogP contribution < -0.4 is 10.4 Å². The molecule has 0 fully saturated rings. The molecule has 0 bridgehead atoms. The first-order valence-corrected chi connectivity index (χ1v) is 9.39. The zero-order valence-corrected chi connectivity index (χ0v) is 16.8. The highest BCUT2D eigenvalue weighted by atomic mass is 35.5. The van der Waals surface area contributed by atoms with E-state index in [4.69, 9.17) is 16.3 Å². The molecule has 3 aromatic heterocycles. The van der Waals surface area contributed by atoms with Gasteiger partial charge in [0.05, 0.1) is 23.5 Å². The zero-order valence-electron chi connectivity index (χ0n) is 16.0. The Morgan fingerprint density at radius 1 is 1.10 bits per heavy atom. The van der Waals surface area contributed by atoms with Crippen LogP contribution in [0.3, 0.4) is 0 Å². The van der Waals surface area contributed by atoms with Crippen LogP contribution in [0.15, 0.2) is 59.5 Å². The Bertz CT molecular complexity index is 1340. The highest BCUT2D eigenvalue weighted by molar-refractivity contribution is 6.32. The fourth-order valence-corrected chi connectivity index (χ4v) is 3.39. The summed E-state index contributed by atoms with van der Waals surface area (Å²) in [5.41, 5.74) is -0.908. The lowest BCUT2D eigenvalue weighted by Crippen LogP contribution is -2.25. The second-order valence-electron chi connectivity index (χ2n) is 6.58. The number of hydrogen-bond donors (Lipinski definition) is 0. The summed E-state index contributed by atoms with van der Waals surface area (Å²) in [6, 6.07) is 11.8. The van der Waals surface area contributed by atoms with Crippen molar-refractivity contribution >= 4 is 22.6 Å². The van der Waals surface area contributed by atoms with Gasteiger partial charge in [-0.15, -0.1) is 0 Å². The molecule has 0 spiro atoms. The Morgan fingerprint density at radius 2 is 1.87 bits per heavy atom. The van der Waals surface area contributed by atoms with Crippen molar-refractivity contribution in [3.8, 4) is 11.6 Å². The van der Waals surface area contributed by atoms with Crippen LogP contribution in [0.2, 0.25) is 5.02 Å². The number of methoxy groups -OCH3 is 1. The Balaban J connectivity index is 1.98. The molecule has 4 aromatic rings. The van der Waals surface area contributed by atoms with Crippen molar-refractivity contribution in [2.75, 3.05) is 7.11 Å². The Kier molecular flexibility index (Phi) is 5.36. The second-order valence-corrected chi connectivity index (χ2v) is 6.98. The van der Waals surface area contributed by atoms with Gasteiger partial charge in [0.25, 0.3) is 0 Å². The average Bonchev–Trinajstić information content (AvgIpc) is 2.74. The van der Waals surface area contributed by atoms with Gasteiger partial charge in [-0.25, -0.2) is 19.3 Å². The molecular weight excluding hydrogens is 433 g/mol. The van der Waals surface area contributed by atoms with Gasteiger partial charge in [0, 0.05) is 24.1 Å². The lowest BCUT2D eigenvalue weighted by Gasteiger charge is -2.15. The SMILES string of the molecule is COc1cc(Cc2nc(=O)n(-c3ccccc3Cl)c3nc(C(F)(F)F)ccc23)ccn1. The number of para-hydroxylation sites is 1. The molecule has 0 aliphatic rings. The van der Waals surface area contributed by atoms with Crippen LogP contribution in [-0.2, 0) is 12.6 Å². The van der Waals surface area contributed by atoms with Crippen LogP contribution >= 0.6 is 11.6 Å². The molecule has 10 heteroatoms. The number of alkyl halides is 3. The largest absolute Gasteiger partial charge is 0.481 e. The van der Waals surface area contributed by atoms with Crippen molar-refractivity contribution in [2.45, 2.75) is 12.6 Å². The van der Waals surface area contributed by atoms with Crippen LogP contribution in [0.5, 0.6) is 5.88 Å². The maximum atomic E-state index is 13.3. The maximum Gasteiger partial charge on any atom is 0.433 e. The van der Waals surface area contributed by atoms with E-state index in [-0.39, 0.29) is 28.5 Å². The minimum Gasteiger partial charge on any atom is -0.481 e. The van der Waals surface area contributed by atoms with Crippen LogP contribution in [0.4, 0.5) is 13.2 Å². The van der Waals surface area contributed by atoms with Gasteiger partial charge in [-0.2, -0.15) is 18.2 Å². The van der Waals surface area contributed by atoms with E-state index in [0.29, 0.717) is 11.3 Å². The topological polar surface area (TPSA) is 69.9 Å². The molecule has 0 radical (unpaired) electrons. The summed E-state index contributed by atoms with van der Waals surface area (Å²) in [5, 5.41) is 0.474. The molecule has 0 saturated carbocycles. The number of fused-ring (bicyclic) bond motifs is 1. The van der Waals surface area contributed by atoms with Crippen molar-refractivity contribution < 1.29 is 17.9 Å². The summed E-state index contributed by atoms with van der Waals surface area (Å²) in [6.07, 6.45) is -2.99. The standard InChI is InChI=1S/C21H14ClF3N4O2/c1-31-18-11-12(8-9-26-18)10-15-13-6-7-17(21(23,24)25)28-19(13)29(20(30)27-15)16-5-3-2-4-14(16)22/h2-9,11H,10H2,1H3. The van der Waals surface area contributed by atoms with Gasteiger partial charge in [-0.1, -0.05) is 23.7 Å². The molecule has 0 aliphatic carbocycles. The highest BCUT2D eigenvalue weighted by Gasteiger charge is 2.33. The first kappa shape index (κ1) is 20.8. The van der Waals surface area contributed by atoms with E-state index in [9.17, 15) is 18.0 Å². The summed E-state index contributed by atoms with van der Waals surface area (Å²) in [4.78, 5) is 24.8. The maximum absolute atomic E-state index is 13.3. The minimum atomic E-state index is -4.68. The molecule has 4 rings (SSSR count). The molecule has 0 saturated heterocycles. The van der Waals surface area contributed by atoms with Crippen molar-refractivity contribution in [2.24, 2.45) is 0 Å². The fraction of sp³-hybridized carbons (Fsp3) is 0.143. The van der Waals surface area contributed by atoms with Crippen LogP contribution in [-0.4, -0.2) is 26.6 Å². The van der Waals surface area contributed by atoms with E-state index in [1.165, 1.54) is 31.5 Å². The van der Waals surface area contributed by atoms with Crippen molar-refractivity contribution in [1.29, 1.82) is 0 Å². The third kappa shape index (κ3) is 4.09. The number of nitrogens with zero attached hydrogens (tertiary/aromatic N) is 4. The van der Waals surface area contributed by atoms with E-state index in [2.05, 4.69) is 15.0 Å². The van der Waals surface area contributed by atoms with Crippen LogP contribution in [0.1, 0.15) is 17.0 Å². The number of ether oxygens (including phenoxy) is 1. The van der Waals surface area contributed by atoms with Gasteiger partial charge in [0.1, 0.15) is 5.69 Å². The van der Waals surface area contributed by atoms with Crippen LogP contribution in [0, 0.1) is 0 Å². The monoisotopic (exact) mass is 446 g/mol. The Hall–Kier alpha value is -3.46. The van der Waals surface area contributed by atoms with Gasteiger partial charge in [-0.05, 0) is 35.9 Å². The third-order valence-corrected chi connectivity index (χ3v) is 4.90. The molecule has 0 amide bonds. The molecule has 0 unspecified atom stereocenters. The zero-order chi connectivity index (χ0) is 22.2. The molecule has 0 aliphatic heterocycles. The van der Waals surface area contributed by atoms with E-state index in [1.807, 2.05) is 0 Å². The first-order valence-electron chi connectivity index (χ1n) is 9.01. The number of hydrogen-bond acceptors (Lipinski definition) is 5. The molecule has 0 N–H and O–H groups in total. The number of halogens is 4. The number of pyridine rings is 2.